The van der Waals surface area contributed by atoms with E-state index >= 15 is 0 Å². The van der Waals surface area contributed by atoms with Gasteiger partial charge < -0.3 is 4.42 Å². The standard InChI is InChI=1S/C29H25Cl2OSi/c1-17-10-13-22-25(29(33(3)4)28(31)26(22)27(17)30)20-12-14-21(19-8-6-5-7-9-19)23(16-20)24-15-11-18(2)32-24/h5-16,25H,1-4H3. The zero-order valence-corrected chi connectivity index (χ0v) is 21.7. The Balaban J connectivity index is 1.75. The van der Waals surface area contributed by atoms with Gasteiger partial charge in [-0.05, 0) is 59.9 Å². The number of hydrogen-bond acceptors (Lipinski definition) is 1. The summed E-state index contributed by atoms with van der Waals surface area (Å²) in [5.74, 6) is 1.89. The lowest BCUT2D eigenvalue weighted by molar-refractivity contribution is 0.548. The Morgan fingerprint density at radius 2 is 1.58 bits per heavy atom. The fourth-order valence-electron chi connectivity index (χ4n) is 4.82. The summed E-state index contributed by atoms with van der Waals surface area (Å²) < 4.78 is 6.10. The van der Waals surface area contributed by atoms with Crippen LogP contribution in [0.3, 0.4) is 0 Å². The van der Waals surface area contributed by atoms with Gasteiger partial charge in [0, 0.05) is 22.1 Å². The molecule has 1 atom stereocenters. The molecule has 1 unspecified atom stereocenters. The molecule has 0 fully saturated rings. The van der Waals surface area contributed by atoms with Crippen LogP contribution in [-0.2, 0) is 0 Å². The zero-order valence-electron chi connectivity index (χ0n) is 19.2. The molecule has 3 aromatic carbocycles. The van der Waals surface area contributed by atoms with Gasteiger partial charge in [0.05, 0.1) is 13.8 Å². The Morgan fingerprint density at radius 3 is 2.24 bits per heavy atom. The number of benzene rings is 3. The maximum absolute atomic E-state index is 7.02. The fourth-order valence-corrected chi connectivity index (χ4v) is 7.48. The van der Waals surface area contributed by atoms with Crippen LogP contribution in [0, 0.1) is 13.8 Å². The number of rotatable bonds is 4. The molecule has 1 aliphatic rings. The summed E-state index contributed by atoms with van der Waals surface area (Å²) in [5.41, 5.74) is 7.90. The van der Waals surface area contributed by atoms with Crippen molar-refractivity contribution in [1.29, 1.82) is 0 Å². The van der Waals surface area contributed by atoms with Gasteiger partial charge in [-0.1, -0.05) is 96.1 Å². The van der Waals surface area contributed by atoms with Crippen molar-refractivity contribution in [1.82, 2.24) is 0 Å². The van der Waals surface area contributed by atoms with Crippen molar-refractivity contribution in [2.75, 3.05) is 0 Å². The Labute approximate surface area is 207 Å². The van der Waals surface area contributed by atoms with Gasteiger partial charge in [-0.15, -0.1) is 0 Å². The first-order valence-corrected chi connectivity index (χ1v) is 14.4. The quantitative estimate of drug-likeness (QED) is 0.261. The molecule has 1 aromatic heterocycles. The smallest absolute Gasteiger partial charge is 0.134 e. The number of hydrogen-bond donors (Lipinski definition) is 0. The number of fused-ring (bicyclic) bond motifs is 1. The third-order valence-corrected chi connectivity index (χ3v) is 9.08. The molecule has 0 bridgehead atoms. The molecule has 1 heterocycles. The Kier molecular flexibility index (Phi) is 5.86. The maximum Gasteiger partial charge on any atom is 0.134 e. The summed E-state index contributed by atoms with van der Waals surface area (Å²) in [6, 6.07) is 25.6. The van der Waals surface area contributed by atoms with Crippen LogP contribution in [0.5, 0.6) is 0 Å². The van der Waals surface area contributed by atoms with E-state index in [1.165, 1.54) is 21.9 Å². The van der Waals surface area contributed by atoms with Crippen molar-refractivity contribution in [2.24, 2.45) is 0 Å². The lowest BCUT2D eigenvalue weighted by atomic mass is 9.88. The monoisotopic (exact) mass is 487 g/mol. The topological polar surface area (TPSA) is 13.1 Å². The van der Waals surface area contributed by atoms with Crippen molar-refractivity contribution in [3.8, 4) is 22.5 Å². The van der Waals surface area contributed by atoms with Crippen LogP contribution in [-0.4, -0.2) is 8.80 Å². The predicted octanol–water partition coefficient (Wildman–Crippen LogP) is 9.27. The van der Waals surface area contributed by atoms with Crippen LogP contribution in [0.15, 0.2) is 82.4 Å². The molecule has 165 valence electrons. The highest BCUT2D eigenvalue weighted by Gasteiger charge is 2.35. The third kappa shape index (κ3) is 3.81. The highest BCUT2D eigenvalue weighted by atomic mass is 35.5. The summed E-state index contributed by atoms with van der Waals surface area (Å²) in [6.45, 7) is 8.63. The van der Waals surface area contributed by atoms with Crippen LogP contribution in [0.4, 0.5) is 0 Å². The van der Waals surface area contributed by atoms with Crippen molar-refractivity contribution < 1.29 is 4.42 Å². The first-order valence-electron chi connectivity index (χ1n) is 11.1. The molecule has 1 aliphatic carbocycles. The second-order valence-electron chi connectivity index (χ2n) is 8.90. The Bertz CT molecular complexity index is 1380. The van der Waals surface area contributed by atoms with E-state index in [1.54, 1.807) is 0 Å². The van der Waals surface area contributed by atoms with Crippen molar-refractivity contribution in [3.05, 3.63) is 111 Å². The molecule has 5 rings (SSSR count). The first kappa shape index (κ1) is 22.3. The molecule has 0 saturated carbocycles. The summed E-state index contributed by atoms with van der Waals surface area (Å²) in [5, 5.41) is 2.92. The van der Waals surface area contributed by atoms with Gasteiger partial charge in [0.2, 0.25) is 0 Å². The van der Waals surface area contributed by atoms with Crippen LogP contribution in [0.2, 0.25) is 18.1 Å². The second kappa shape index (κ2) is 8.68. The molecule has 4 heteroatoms. The third-order valence-electron chi connectivity index (χ3n) is 6.43. The van der Waals surface area contributed by atoms with E-state index in [9.17, 15) is 0 Å². The van der Waals surface area contributed by atoms with Crippen LogP contribution < -0.4 is 0 Å². The van der Waals surface area contributed by atoms with Gasteiger partial charge in [0.15, 0.2) is 0 Å². The van der Waals surface area contributed by atoms with E-state index in [2.05, 4.69) is 73.8 Å². The van der Waals surface area contributed by atoms with E-state index in [0.717, 1.165) is 43.8 Å². The average Bonchev–Trinajstić information content (AvgIpc) is 3.37. The van der Waals surface area contributed by atoms with E-state index in [4.69, 9.17) is 27.6 Å². The molecule has 0 amide bonds. The Hall–Kier alpha value is -2.52. The summed E-state index contributed by atoms with van der Waals surface area (Å²) in [4.78, 5) is 0. The van der Waals surface area contributed by atoms with Gasteiger partial charge in [-0.2, -0.15) is 0 Å². The SMILES string of the molecule is Cc1ccc(-c2cc(C3C([Si](C)C)=C(Cl)c4c3ccc(C)c4Cl)ccc2-c2ccccc2)o1. The zero-order chi connectivity index (χ0) is 23.3. The molecule has 1 nitrogen and oxygen atoms in total. The maximum atomic E-state index is 7.02. The van der Waals surface area contributed by atoms with Gasteiger partial charge >= 0.3 is 0 Å². The van der Waals surface area contributed by atoms with E-state index in [1.807, 2.05) is 26.0 Å². The summed E-state index contributed by atoms with van der Waals surface area (Å²) in [7, 11) is -0.820. The Morgan fingerprint density at radius 1 is 0.818 bits per heavy atom. The van der Waals surface area contributed by atoms with Gasteiger partial charge in [-0.3, -0.25) is 0 Å². The van der Waals surface area contributed by atoms with Gasteiger partial charge in [-0.25, -0.2) is 0 Å². The fraction of sp³-hybridized carbons (Fsp3) is 0.172. The normalized spacial score (nSPS) is 15.4. The van der Waals surface area contributed by atoms with Crippen LogP contribution in [0.1, 0.15) is 33.9 Å². The molecular formula is C29H25Cl2OSi. The molecule has 0 spiro atoms. The molecular weight excluding hydrogens is 463 g/mol. The van der Waals surface area contributed by atoms with Crippen LogP contribution >= 0.6 is 23.2 Å². The number of halogens is 2. The minimum absolute atomic E-state index is 0.106. The second-order valence-corrected chi connectivity index (χ2v) is 12.2. The number of furan rings is 1. The number of allylic oxidation sites excluding steroid dienone is 1. The van der Waals surface area contributed by atoms with E-state index in [-0.39, 0.29) is 5.92 Å². The van der Waals surface area contributed by atoms with E-state index < -0.39 is 8.80 Å². The highest BCUT2D eigenvalue weighted by molar-refractivity contribution is 6.71. The molecule has 0 N–H and O–H groups in total. The van der Waals surface area contributed by atoms with Gasteiger partial charge in [0.25, 0.3) is 0 Å². The van der Waals surface area contributed by atoms with Crippen molar-refractivity contribution >= 4 is 37.0 Å². The first-order chi connectivity index (χ1) is 15.9. The van der Waals surface area contributed by atoms with Crippen molar-refractivity contribution in [3.63, 3.8) is 0 Å². The minimum Gasteiger partial charge on any atom is -0.461 e. The van der Waals surface area contributed by atoms with Gasteiger partial charge in [0.1, 0.15) is 11.5 Å². The molecule has 0 saturated heterocycles. The summed E-state index contributed by atoms with van der Waals surface area (Å²) >= 11 is 13.8. The molecule has 33 heavy (non-hydrogen) atoms. The number of aryl methyl sites for hydroxylation is 2. The highest BCUT2D eigenvalue weighted by Crippen LogP contribution is 2.52. The van der Waals surface area contributed by atoms with E-state index in [0.29, 0.717) is 0 Å². The molecule has 0 aliphatic heterocycles. The molecule has 4 aromatic rings. The molecule has 1 radical (unpaired) electrons. The van der Waals surface area contributed by atoms with Crippen LogP contribution in [0.25, 0.3) is 27.5 Å². The predicted molar refractivity (Wildman–Crippen MR) is 143 cm³/mol. The average molecular weight is 489 g/mol. The lowest BCUT2D eigenvalue weighted by Crippen LogP contribution is -2.13. The summed E-state index contributed by atoms with van der Waals surface area (Å²) in [6.07, 6.45) is 0. The minimum atomic E-state index is -0.820. The largest absolute Gasteiger partial charge is 0.461 e. The van der Waals surface area contributed by atoms with Crippen molar-refractivity contribution in [2.45, 2.75) is 32.9 Å². The lowest BCUT2D eigenvalue weighted by Gasteiger charge is -2.21.